The molecule has 160 valence electrons. The number of piperidine rings is 1. The molecule has 2 saturated heterocycles. The van der Waals surface area contributed by atoms with E-state index in [1.807, 2.05) is 22.9 Å². The van der Waals surface area contributed by atoms with Crippen LogP contribution in [0, 0.1) is 5.92 Å². The summed E-state index contributed by atoms with van der Waals surface area (Å²) in [5.74, 6) is 0.973. The van der Waals surface area contributed by atoms with Crippen LogP contribution in [0.1, 0.15) is 31.9 Å². The third kappa shape index (κ3) is 3.84. The Bertz CT molecular complexity index is 949. The average Bonchev–Trinajstić information content (AvgIpc) is 2.75. The monoisotopic (exact) mass is 408 g/mol. The molecule has 2 bridgehead atoms. The fourth-order valence-corrected chi connectivity index (χ4v) is 5.70. The van der Waals surface area contributed by atoms with Crippen LogP contribution < -0.4 is 5.56 Å². The first kappa shape index (κ1) is 19.9. The minimum Gasteiger partial charge on any atom is -0.379 e. The molecule has 5 heterocycles. The molecule has 0 saturated carbocycles. The number of ether oxygens (including phenoxy) is 1. The van der Waals surface area contributed by atoms with E-state index in [1.54, 1.807) is 12.3 Å². The minimum atomic E-state index is 0.128. The summed E-state index contributed by atoms with van der Waals surface area (Å²) >= 11 is 0. The molecule has 0 unspecified atom stereocenters. The van der Waals surface area contributed by atoms with Gasteiger partial charge in [-0.1, -0.05) is 6.07 Å². The van der Waals surface area contributed by atoms with E-state index in [0.29, 0.717) is 11.8 Å². The number of likely N-dealkylation sites (tertiary alicyclic amines) is 1. The molecule has 3 aliphatic rings. The maximum absolute atomic E-state index is 12.9. The van der Waals surface area contributed by atoms with Crippen molar-refractivity contribution in [2.45, 2.75) is 38.3 Å². The first-order valence-corrected chi connectivity index (χ1v) is 11.2. The van der Waals surface area contributed by atoms with E-state index in [1.165, 1.54) is 12.1 Å². The Kier molecular flexibility index (Phi) is 5.25. The van der Waals surface area contributed by atoms with Gasteiger partial charge in [0, 0.05) is 80.4 Å². The molecule has 2 fully saturated rings. The Balaban J connectivity index is 1.38. The van der Waals surface area contributed by atoms with Crippen molar-refractivity contribution in [1.29, 1.82) is 0 Å². The molecule has 2 aromatic heterocycles. The van der Waals surface area contributed by atoms with Gasteiger partial charge in [-0.05, 0) is 43.9 Å². The van der Waals surface area contributed by atoms with Crippen LogP contribution in [0.4, 0.5) is 0 Å². The Labute approximate surface area is 178 Å². The van der Waals surface area contributed by atoms with E-state index in [9.17, 15) is 4.79 Å². The number of fused-ring (bicyclic) bond motifs is 4. The van der Waals surface area contributed by atoms with Crippen molar-refractivity contribution in [3.05, 3.63) is 52.7 Å². The molecular formula is C24H32N4O2. The zero-order valence-corrected chi connectivity index (χ0v) is 18.1. The SMILES string of the molecule is CC(C)(CN1C[C@@H]2C[C@H](C1)c1cc(-c3cccnc3)cc(=O)n1C2)N1CCOCC1. The molecule has 2 aromatic rings. The molecule has 6 heteroatoms. The van der Waals surface area contributed by atoms with Crippen LogP contribution in [-0.2, 0) is 11.3 Å². The molecule has 6 nitrogen and oxygen atoms in total. The highest BCUT2D eigenvalue weighted by Crippen LogP contribution is 2.37. The van der Waals surface area contributed by atoms with Gasteiger partial charge in [-0.15, -0.1) is 0 Å². The van der Waals surface area contributed by atoms with Crippen LogP contribution in [0.25, 0.3) is 11.1 Å². The third-order valence-corrected chi connectivity index (χ3v) is 7.10. The number of morpholine rings is 1. The Morgan fingerprint density at radius 1 is 1.13 bits per heavy atom. The maximum Gasteiger partial charge on any atom is 0.251 e. The van der Waals surface area contributed by atoms with E-state index >= 15 is 0 Å². The summed E-state index contributed by atoms with van der Waals surface area (Å²) in [5, 5.41) is 0. The van der Waals surface area contributed by atoms with Crippen LogP contribution in [0.2, 0.25) is 0 Å². The number of rotatable bonds is 4. The van der Waals surface area contributed by atoms with Crippen LogP contribution in [0.3, 0.4) is 0 Å². The molecule has 2 atom stereocenters. The number of aromatic nitrogens is 2. The normalized spacial score (nSPS) is 25.1. The van der Waals surface area contributed by atoms with Crippen LogP contribution in [0.5, 0.6) is 0 Å². The van der Waals surface area contributed by atoms with Gasteiger partial charge in [0.1, 0.15) is 0 Å². The second kappa shape index (κ2) is 7.91. The highest BCUT2D eigenvalue weighted by molar-refractivity contribution is 5.62. The van der Waals surface area contributed by atoms with Crippen molar-refractivity contribution in [1.82, 2.24) is 19.4 Å². The smallest absolute Gasteiger partial charge is 0.251 e. The molecule has 3 aliphatic heterocycles. The van der Waals surface area contributed by atoms with Gasteiger partial charge in [0.15, 0.2) is 0 Å². The quantitative estimate of drug-likeness (QED) is 0.778. The van der Waals surface area contributed by atoms with Crippen molar-refractivity contribution < 1.29 is 4.74 Å². The van der Waals surface area contributed by atoms with Crippen LogP contribution in [-0.4, -0.2) is 70.8 Å². The van der Waals surface area contributed by atoms with E-state index in [2.05, 4.69) is 34.7 Å². The highest BCUT2D eigenvalue weighted by Gasteiger charge is 2.38. The predicted molar refractivity (Wildman–Crippen MR) is 118 cm³/mol. The highest BCUT2D eigenvalue weighted by atomic mass is 16.5. The zero-order valence-electron chi connectivity index (χ0n) is 18.1. The van der Waals surface area contributed by atoms with Crippen molar-refractivity contribution in [3.63, 3.8) is 0 Å². The molecule has 0 aliphatic carbocycles. The van der Waals surface area contributed by atoms with Gasteiger partial charge in [0.25, 0.3) is 5.56 Å². The van der Waals surface area contributed by atoms with Gasteiger partial charge in [-0.2, -0.15) is 0 Å². The molecule has 0 radical (unpaired) electrons. The second-order valence-electron chi connectivity index (χ2n) is 9.76. The van der Waals surface area contributed by atoms with Gasteiger partial charge in [-0.3, -0.25) is 14.7 Å². The summed E-state index contributed by atoms with van der Waals surface area (Å²) in [6.45, 7) is 12.4. The number of hydrogen-bond donors (Lipinski definition) is 0. The molecule has 0 amide bonds. The summed E-state index contributed by atoms with van der Waals surface area (Å²) in [5.41, 5.74) is 3.46. The number of nitrogens with zero attached hydrogens (tertiary/aromatic N) is 4. The Hall–Kier alpha value is -2.02. The molecular weight excluding hydrogens is 376 g/mol. The standard InChI is InChI=1S/C24H32N4O2/c1-24(2,27-6-8-30-9-7-27)17-26-14-18-10-21(16-26)22-11-20(12-23(29)28(22)15-18)19-4-3-5-25-13-19/h3-5,11-13,18,21H,6-10,14-17H2,1-2H3/t18-,21+/m0/s1. The lowest BCUT2D eigenvalue weighted by molar-refractivity contribution is -0.0286. The largest absolute Gasteiger partial charge is 0.379 e. The molecule has 5 rings (SSSR count). The van der Waals surface area contributed by atoms with E-state index in [4.69, 9.17) is 4.74 Å². The fraction of sp³-hybridized carbons (Fsp3) is 0.583. The van der Waals surface area contributed by atoms with Gasteiger partial charge >= 0.3 is 0 Å². The lowest BCUT2D eigenvalue weighted by atomic mass is 9.82. The number of hydrogen-bond acceptors (Lipinski definition) is 5. The van der Waals surface area contributed by atoms with Crippen LogP contribution in [0.15, 0.2) is 41.5 Å². The van der Waals surface area contributed by atoms with E-state index < -0.39 is 0 Å². The van der Waals surface area contributed by atoms with Crippen molar-refractivity contribution in [2.24, 2.45) is 5.92 Å². The average molecular weight is 409 g/mol. The van der Waals surface area contributed by atoms with Gasteiger partial charge < -0.3 is 14.2 Å². The summed E-state index contributed by atoms with van der Waals surface area (Å²) in [6, 6.07) is 7.97. The summed E-state index contributed by atoms with van der Waals surface area (Å²) in [4.78, 5) is 22.4. The maximum atomic E-state index is 12.9. The zero-order chi connectivity index (χ0) is 20.7. The lowest BCUT2D eigenvalue weighted by Crippen LogP contribution is -2.58. The molecule has 30 heavy (non-hydrogen) atoms. The molecule has 0 spiro atoms. The van der Waals surface area contributed by atoms with Gasteiger partial charge in [0.2, 0.25) is 0 Å². The molecule has 0 aromatic carbocycles. The fourth-order valence-electron chi connectivity index (χ4n) is 5.70. The van der Waals surface area contributed by atoms with Gasteiger partial charge in [0.05, 0.1) is 13.2 Å². The minimum absolute atomic E-state index is 0.128. The third-order valence-electron chi connectivity index (χ3n) is 7.10. The first-order chi connectivity index (χ1) is 14.5. The molecule has 0 N–H and O–H groups in total. The lowest BCUT2D eigenvalue weighted by Gasteiger charge is -2.48. The van der Waals surface area contributed by atoms with Crippen molar-refractivity contribution in [3.8, 4) is 11.1 Å². The van der Waals surface area contributed by atoms with Crippen molar-refractivity contribution in [2.75, 3.05) is 45.9 Å². The Morgan fingerprint density at radius 3 is 2.73 bits per heavy atom. The predicted octanol–water partition coefficient (Wildman–Crippen LogP) is 2.44. The summed E-state index contributed by atoms with van der Waals surface area (Å²) in [6.07, 6.45) is 4.80. The topological polar surface area (TPSA) is 50.6 Å². The van der Waals surface area contributed by atoms with Crippen molar-refractivity contribution >= 4 is 0 Å². The second-order valence-corrected chi connectivity index (χ2v) is 9.76. The van der Waals surface area contributed by atoms with Gasteiger partial charge in [-0.25, -0.2) is 0 Å². The van der Waals surface area contributed by atoms with Crippen LogP contribution >= 0.6 is 0 Å². The first-order valence-electron chi connectivity index (χ1n) is 11.2. The summed E-state index contributed by atoms with van der Waals surface area (Å²) in [7, 11) is 0. The number of pyridine rings is 2. The summed E-state index contributed by atoms with van der Waals surface area (Å²) < 4.78 is 7.58. The van der Waals surface area contributed by atoms with E-state index in [0.717, 1.165) is 63.6 Å². The van der Waals surface area contributed by atoms with E-state index in [-0.39, 0.29) is 11.1 Å². The Morgan fingerprint density at radius 2 is 1.97 bits per heavy atom.